The summed E-state index contributed by atoms with van der Waals surface area (Å²) in [5.74, 6) is -0.195. The lowest BCUT2D eigenvalue weighted by atomic mass is 9.99. The predicted octanol–water partition coefficient (Wildman–Crippen LogP) is 4.80. The van der Waals surface area contributed by atoms with Crippen LogP contribution in [0, 0.1) is 0 Å². The summed E-state index contributed by atoms with van der Waals surface area (Å²) in [5.41, 5.74) is 3.25. The van der Waals surface area contributed by atoms with E-state index in [2.05, 4.69) is 5.10 Å². The van der Waals surface area contributed by atoms with Gasteiger partial charge in [-0.2, -0.15) is 5.10 Å². The van der Waals surface area contributed by atoms with Crippen LogP contribution in [-0.4, -0.2) is 50.2 Å². The Morgan fingerprint density at radius 3 is 2.00 bits per heavy atom. The monoisotopic (exact) mass is 472 g/mol. The first-order chi connectivity index (χ1) is 17.0. The minimum Gasteiger partial charge on any atom is -0.493 e. The SMILES string of the molecule is COC(=O)c1c(-c2cccc(-c3ccc(OC)c(OC)c3)c2)nn(-c2ccccc2)c1C(=O)OC. The highest BCUT2D eigenvalue weighted by atomic mass is 16.5. The van der Waals surface area contributed by atoms with Crippen LogP contribution in [0.15, 0.2) is 72.8 Å². The highest BCUT2D eigenvalue weighted by Gasteiger charge is 2.31. The van der Waals surface area contributed by atoms with Crippen LogP contribution in [0.3, 0.4) is 0 Å². The van der Waals surface area contributed by atoms with Crippen LogP contribution in [0.1, 0.15) is 20.8 Å². The molecule has 0 amide bonds. The van der Waals surface area contributed by atoms with Crippen LogP contribution in [0.4, 0.5) is 0 Å². The lowest BCUT2D eigenvalue weighted by molar-refractivity contribution is 0.0549. The number of benzene rings is 3. The van der Waals surface area contributed by atoms with Crippen molar-refractivity contribution in [3.8, 4) is 39.6 Å². The molecule has 0 radical (unpaired) electrons. The van der Waals surface area contributed by atoms with Crippen molar-refractivity contribution in [3.05, 3.63) is 84.1 Å². The maximum Gasteiger partial charge on any atom is 0.357 e. The minimum absolute atomic E-state index is 0.0166. The molecular weight excluding hydrogens is 448 g/mol. The van der Waals surface area contributed by atoms with E-state index >= 15 is 0 Å². The molecule has 4 rings (SSSR count). The standard InChI is InChI=1S/C27H24N2O6/c1-32-21-14-13-18(16-22(21)33-2)17-9-8-10-19(15-17)24-23(26(30)34-3)25(27(31)35-4)29(28-24)20-11-6-5-7-12-20/h5-16H,1-4H3. The second-order valence-corrected chi connectivity index (χ2v) is 7.45. The van der Waals surface area contributed by atoms with Crippen LogP contribution in [0.25, 0.3) is 28.1 Å². The molecule has 0 N–H and O–H groups in total. The summed E-state index contributed by atoms with van der Waals surface area (Å²) in [4.78, 5) is 25.7. The van der Waals surface area contributed by atoms with E-state index < -0.39 is 11.9 Å². The molecule has 3 aromatic carbocycles. The van der Waals surface area contributed by atoms with E-state index in [-0.39, 0.29) is 11.3 Å². The van der Waals surface area contributed by atoms with Gasteiger partial charge < -0.3 is 18.9 Å². The number of rotatable bonds is 7. The van der Waals surface area contributed by atoms with Gasteiger partial charge in [0, 0.05) is 5.56 Å². The number of nitrogens with zero attached hydrogens (tertiary/aromatic N) is 2. The van der Waals surface area contributed by atoms with Crippen molar-refractivity contribution in [3.63, 3.8) is 0 Å². The van der Waals surface area contributed by atoms with Crippen LogP contribution in [0.2, 0.25) is 0 Å². The summed E-state index contributed by atoms with van der Waals surface area (Å²) in [6, 6.07) is 22.1. The molecule has 0 aliphatic rings. The summed E-state index contributed by atoms with van der Waals surface area (Å²) in [6.45, 7) is 0. The number of carbonyl (C=O) groups excluding carboxylic acids is 2. The van der Waals surface area contributed by atoms with Crippen molar-refractivity contribution >= 4 is 11.9 Å². The molecule has 0 unspecified atom stereocenters. The van der Waals surface area contributed by atoms with Gasteiger partial charge in [0.25, 0.3) is 0 Å². The van der Waals surface area contributed by atoms with Gasteiger partial charge in [-0.3, -0.25) is 0 Å². The van der Waals surface area contributed by atoms with E-state index in [4.69, 9.17) is 18.9 Å². The first-order valence-electron chi connectivity index (χ1n) is 10.7. The molecule has 0 aliphatic carbocycles. The van der Waals surface area contributed by atoms with Crippen molar-refractivity contribution in [2.75, 3.05) is 28.4 Å². The topological polar surface area (TPSA) is 88.9 Å². The summed E-state index contributed by atoms with van der Waals surface area (Å²) >= 11 is 0. The smallest absolute Gasteiger partial charge is 0.357 e. The van der Waals surface area contributed by atoms with Gasteiger partial charge >= 0.3 is 11.9 Å². The molecule has 0 fully saturated rings. The molecule has 4 aromatic rings. The van der Waals surface area contributed by atoms with Crippen LogP contribution < -0.4 is 9.47 Å². The number of esters is 2. The summed E-state index contributed by atoms with van der Waals surface area (Å²) in [5, 5.41) is 4.65. The molecule has 0 saturated heterocycles. The maximum atomic E-state index is 12.9. The number of aromatic nitrogens is 2. The molecule has 0 saturated carbocycles. The first kappa shape index (κ1) is 23.6. The Hall–Kier alpha value is -4.59. The van der Waals surface area contributed by atoms with Gasteiger partial charge in [0.15, 0.2) is 17.2 Å². The molecule has 0 atom stereocenters. The molecule has 8 heteroatoms. The molecule has 1 aromatic heterocycles. The minimum atomic E-state index is -0.705. The Morgan fingerprint density at radius 2 is 1.34 bits per heavy atom. The Kier molecular flexibility index (Phi) is 6.82. The van der Waals surface area contributed by atoms with Crippen molar-refractivity contribution in [1.82, 2.24) is 9.78 Å². The molecular formula is C27H24N2O6. The highest BCUT2D eigenvalue weighted by Crippen LogP contribution is 2.35. The molecule has 8 nitrogen and oxygen atoms in total. The van der Waals surface area contributed by atoms with Gasteiger partial charge in [0.2, 0.25) is 0 Å². The summed E-state index contributed by atoms with van der Waals surface area (Å²) in [7, 11) is 5.66. The normalized spacial score (nSPS) is 10.5. The fourth-order valence-electron chi connectivity index (χ4n) is 3.82. The Labute approximate surface area is 202 Å². The average molecular weight is 472 g/mol. The molecule has 0 aliphatic heterocycles. The van der Waals surface area contributed by atoms with Crippen LogP contribution in [-0.2, 0) is 9.47 Å². The Bertz CT molecular complexity index is 1380. The van der Waals surface area contributed by atoms with Gasteiger partial charge in [-0.1, -0.05) is 42.5 Å². The lowest BCUT2D eigenvalue weighted by Gasteiger charge is -2.10. The summed E-state index contributed by atoms with van der Waals surface area (Å²) in [6.07, 6.45) is 0. The maximum absolute atomic E-state index is 12.9. The third-order valence-corrected chi connectivity index (χ3v) is 5.51. The molecule has 178 valence electrons. The van der Waals surface area contributed by atoms with E-state index in [1.54, 1.807) is 26.4 Å². The quantitative estimate of drug-likeness (QED) is 0.357. The molecule has 0 spiro atoms. The molecule has 35 heavy (non-hydrogen) atoms. The van der Waals surface area contributed by atoms with Crippen molar-refractivity contribution in [1.29, 1.82) is 0 Å². The fraction of sp³-hybridized carbons (Fsp3) is 0.148. The second-order valence-electron chi connectivity index (χ2n) is 7.45. The fourth-order valence-corrected chi connectivity index (χ4v) is 3.82. The number of ether oxygens (including phenoxy) is 4. The van der Waals surface area contributed by atoms with Gasteiger partial charge in [0.05, 0.1) is 34.1 Å². The zero-order valence-electron chi connectivity index (χ0n) is 19.8. The Balaban J connectivity index is 1.93. The number of hydrogen-bond acceptors (Lipinski definition) is 7. The first-order valence-corrected chi connectivity index (χ1v) is 10.7. The highest BCUT2D eigenvalue weighted by molar-refractivity contribution is 6.07. The third-order valence-electron chi connectivity index (χ3n) is 5.51. The van der Waals surface area contributed by atoms with E-state index in [0.29, 0.717) is 28.4 Å². The van der Waals surface area contributed by atoms with Crippen molar-refractivity contribution in [2.45, 2.75) is 0 Å². The number of methoxy groups -OCH3 is 4. The predicted molar refractivity (Wildman–Crippen MR) is 130 cm³/mol. The van der Waals surface area contributed by atoms with E-state index in [1.165, 1.54) is 18.9 Å². The summed E-state index contributed by atoms with van der Waals surface area (Å²) < 4.78 is 22.2. The zero-order valence-corrected chi connectivity index (χ0v) is 19.8. The van der Waals surface area contributed by atoms with E-state index in [0.717, 1.165) is 11.1 Å². The van der Waals surface area contributed by atoms with Gasteiger partial charge in [-0.15, -0.1) is 0 Å². The average Bonchev–Trinajstić information content (AvgIpc) is 3.33. The van der Waals surface area contributed by atoms with Crippen molar-refractivity contribution in [2.24, 2.45) is 0 Å². The van der Waals surface area contributed by atoms with Gasteiger partial charge in [0.1, 0.15) is 11.3 Å². The number of para-hydroxylation sites is 1. The second kappa shape index (κ2) is 10.1. The van der Waals surface area contributed by atoms with Crippen molar-refractivity contribution < 1.29 is 28.5 Å². The van der Waals surface area contributed by atoms with E-state index in [9.17, 15) is 9.59 Å². The van der Waals surface area contributed by atoms with Crippen LogP contribution >= 0.6 is 0 Å². The molecule has 1 heterocycles. The molecule has 0 bridgehead atoms. The largest absolute Gasteiger partial charge is 0.493 e. The third kappa shape index (κ3) is 4.46. The zero-order chi connectivity index (χ0) is 24.9. The number of carbonyl (C=O) groups is 2. The van der Waals surface area contributed by atoms with Gasteiger partial charge in [-0.25, -0.2) is 14.3 Å². The Morgan fingerprint density at radius 1 is 0.686 bits per heavy atom. The van der Waals surface area contributed by atoms with E-state index in [1.807, 2.05) is 60.7 Å². The van der Waals surface area contributed by atoms with Crippen LogP contribution in [0.5, 0.6) is 11.5 Å². The van der Waals surface area contributed by atoms with Gasteiger partial charge in [-0.05, 0) is 41.5 Å². The number of hydrogen-bond donors (Lipinski definition) is 0. The lowest BCUT2D eigenvalue weighted by Crippen LogP contribution is -2.15.